The molecule has 1 amide bonds. The predicted molar refractivity (Wildman–Crippen MR) is 104 cm³/mol. The van der Waals surface area contributed by atoms with Crippen molar-refractivity contribution in [2.24, 2.45) is 5.10 Å². The number of carbonyl (C=O) groups is 1. The molecule has 0 saturated carbocycles. The minimum absolute atomic E-state index is 0.335. The highest BCUT2D eigenvalue weighted by Gasteiger charge is 2.10. The van der Waals surface area contributed by atoms with Gasteiger partial charge < -0.3 is 4.74 Å². The van der Waals surface area contributed by atoms with Crippen LogP contribution >= 0.6 is 15.9 Å². The summed E-state index contributed by atoms with van der Waals surface area (Å²) in [7, 11) is 0. The van der Waals surface area contributed by atoms with E-state index in [9.17, 15) is 4.79 Å². The standard InChI is InChI=1S/C19H17BrN4O2/c1-2-26-16-9-5-14(6-10-16)17-11-18(23-22-17)19(25)24-21-12-13-3-7-15(20)8-4-13/h3-12H,2H2,1H3,(H,22,23)(H,24,25). The first-order valence-electron chi connectivity index (χ1n) is 8.03. The second-order valence-electron chi connectivity index (χ2n) is 5.37. The van der Waals surface area contributed by atoms with Crippen molar-refractivity contribution < 1.29 is 9.53 Å². The largest absolute Gasteiger partial charge is 0.494 e. The molecule has 1 heterocycles. The Labute approximate surface area is 159 Å². The summed E-state index contributed by atoms with van der Waals surface area (Å²) in [6, 6.07) is 16.8. The van der Waals surface area contributed by atoms with Crippen LogP contribution in [0.2, 0.25) is 0 Å². The van der Waals surface area contributed by atoms with Crippen molar-refractivity contribution in [2.45, 2.75) is 6.92 Å². The van der Waals surface area contributed by atoms with Crippen LogP contribution in [0.3, 0.4) is 0 Å². The third kappa shape index (κ3) is 4.58. The summed E-state index contributed by atoms with van der Waals surface area (Å²) in [6.45, 7) is 2.55. The van der Waals surface area contributed by atoms with Crippen molar-refractivity contribution in [1.29, 1.82) is 0 Å². The minimum Gasteiger partial charge on any atom is -0.494 e. The van der Waals surface area contributed by atoms with Crippen LogP contribution in [-0.4, -0.2) is 28.9 Å². The quantitative estimate of drug-likeness (QED) is 0.474. The number of nitrogens with zero attached hydrogens (tertiary/aromatic N) is 2. The number of halogens is 1. The lowest BCUT2D eigenvalue weighted by atomic mass is 10.1. The fraction of sp³-hybridized carbons (Fsp3) is 0.105. The molecule has 3 rings (SSSR count). The van der Waals surface area contributed by atoms with Crippen LogP contribution in [0, 0.1) is 0 Å². The van der Waals surface area contributed by atoms with Gasteiger partial charge in [0, 0.05) is 10.0 Å². The molecule has 0 aliphatic heterocycles. The molecule has 132 valence electrons. The highest BCUT2D eigenvalue weighted by molar-refractivity contribution is 9.10. The van der Waals surface area contributed by atoms with Crippen LogP contribution in [0.1, 0.15) is 23.0 Å². The number of benzene rings is 2. The maximum atomic E-state index is 12.1. The summed E-state index contributed by atoms with van der Waals surface area (Å²) in [6.07, 6.45) is 1.58. The number of hydrogen-bond donors (Lipinski definition) is 2. The molecule has 26 heavy (non-hydrogen) atoms. The molecule has 0 atom stereocenters. The lowest BCUT2D eigenvalue weighted by molar-refractivity contribution is 0.0950. The number of amides is 1. The molecule has 3 aromatic rings. The number of nitrogens with one attached hydrogen (secondary N) is 2. The number of hydrazone groups is 1. The number of aromatic amines is 1. The van der Waals surface area contributed by atoms with Crippen LogP contribution in [-0.2, 0) is 0 Å². The molecule has 0 bridgehead atoms. The maximum absolute atomic E-state index is 12.1. The van der Waals surface area contributed by atoms with Crippen LogP contribution in [0.5, 0.6) is 5.75 Å². The van der Waals surface area contributed by atoms with Gasteiger partial charge in [-0.05, 0) is 55.0 Å². The van der Waals surface area contributed by atoms with Crippen molar-refractivity contribution in [3.05, 3.63) is 70.3 Å². The number of hydrogen-bond acceptors (Lipinski definition) is 4. The van der Waals surface area contributed by atoms with E-state index in [1.807, 2.05) is 55.5 Å². The third-order valence-corrected chi connectivity index (χ3v) is 4.06. The van der Waals surface area contributed by atoms with Crippen molar-refractivity contribution in [3.8, 4) is 17.0 Å². The van der Waals surface area contributed by atoms with Gasteiger partial charge in [0.25, 0.3) is 5.91 Å². The second-order valence-corrected chi connectivity index (χ2v) is 6.29. The summed E-state index contributed by atoms with van der Waals surface area (Å²) >= 11 is 3.37. The third-order valence-electron chi connectivity index (χ3n) is 3.53. The second kappa shape index (κ2) is 8.44. The van der Waals surface area contributed by atoms with E-state index in [1.165, 1.54) is 0 Å². The molecular formula is C19H17BrN4O2. The molecule has 0 aliphatic carbocycles. The molecule has 0 unspecified atom stereocenters. The Bertz CT molecular complexity index is 902. The molecule has 1 aromatic heterocycles. The van der Waals surface area contributed by atoms with Crippen molar-refractivity contribution in [2.75, 3.05) is 6.61 Å². The van der Waals surface area contributed by atoms with Gasteiger partial charge in [0.15, 0.2) is 0 Å². The first-order chi connectivity index (χ1) is 12.7. The fourth-order valence-electron chi connectivity index (χ4n) is 2.25. The zero-order valence-corrected chi connectivity index (χ0v) is 15.7. The molecule has 0 radical (unpaired) electrons. The van der Waals surface area contributed by atoms with E-state index in [4.69, 9.17) is 4.74 Å². The lowest BCUT2D eigenvalue weighted by Gasteiger charge is -2.02. The number of rotatable bonds is 6. The van der Waals surface area contributed by atoms with E-state index in [0.29, 0.717) is 18.0 Å². The van der Waals surface area contributed by atoms with E-state index in [2.05, 4.69) is 36.7 Å². The van der Waals surface area contributed by atoms with Crippen molar-refractivity contribution in [1.82, 2.24) is 15.6 Å². The molecule has 0 aliphatic rings. The minimum atomic E-state index is -0.358. The van der Waals surface area contributed by atoms with Gasteiger partial charge >= 0.3 is 0 Å². The molecule has 2 N–H and O–H groups in total. The Hall–Kier alpha value is -2.93. The SMILES string of the molecule is CCOc1ccc(-c2cc(C(=O)NN=Cc3ccc(Br)cc3)[nH]n2)cc1. The van der Waals surface area contributed by atoms with E-state index in [1.54, 1.807) is 12.3 Å². The Morgan fingerprint density at radius 1 is 1.23 bits per heavy atom. The fourth-order valence-corrected chi connectivity index (χ4v) is 2.51. The highest BCUT2D eigenvalue weighted by Crippen LogP contribution is 2.21. The van der Waals surface area contributed by atoms with Crippen LogP contribution in [0.15, 0.2) is 64.2 Å². The van der Waals surface area contributed by atoms with Gasteiger partial charge in [-0.1, -0.05) is 28.1 Å². The lowest BCUT2D eigenvalue weighted by Crippen LogP contribution is -2.17. The average molecular weight is 413 g/mol. The van der Waals surface area contributed by atoms with Gasteiger partial charge in [-0.3, -0.25) is 9.89 Å². The molecule has 0 saturated heterocycles. The number of aromatic nitrogens is 2. The van der Waals surface area contributed by atoms with Gasteiger partial charge in [0.2, 0.25) is 0 Å². The van der Waals surface area contributed by atoms with Crippen molar-refractivity contribution >= 4 is 28.1 Å². The Morgan fingerprint density at radius 2 is 1.96 bits per heavy atom. The summed E-state index contributed by atoms with van der Waals surface area (Å²) in [5.41, 5.74) is 5.26. The van der Waals surface area contributed by atoms with Crippen molar-refractivity contribution in [3.63, 3.8) is 0 Å². The topological polar surface area (TPSA) is 79.4 Å². The highest BCUT2D eigenvalue weighted by atomic mass is 79.9. The Morgan fingerprint density at radius 3 is 2.65 bits per heavy atom. The average Bonchev–Trinajstić information content (AvgIpc) is 3.14. The predicted octanol–water partition coefficient (Wildman–Crippen LogP) is 4.00. The molecule has 7 heteroatoms. The van der Waals surface area contributed by atoms with Gasteiger partial charge in [-0.2, -0.15) is 10.2 Å². The Kier molecular flexibility index (Phi) is 5.80. The van der Waals surface area contributed by atoms with Gasteiger partial charge in [0.1, 0.15) is 11.4 Å². The first kappa shape index (κ1) is 17.9. The normalized spacial score (nSPS) is 10.8. The van der Waals surface area contributed by atoms with E-state index < -0.39 is 0 Å². The monoisotopic (exact) mass is 412 g/mol. The van der Waals surface area contributed by atoms with Gasteiger partial charge in [0.05, 0.1) is 18.5 Å². The van der Waals surface area contributed by atoms with Crippen LogP contribution in [0.25, 0.3) is 11.3 Å². The molecular weight excluding hydrogens is 396 g/mol. The van der Waals surface area contributed by atoms with Crippen LogP contribution in [0.4, 0.5) is 0 Å². The maximum Gasteiger partial charge on any atom is 0.289 e. The smallest absolute Gasteiger partial charge is 0.289 e. The van der Waals surface area contributed by atoms with Gasteiger partial charge in [-0.15, -0.1) is 0 Å². The van der Waals surface area contributed by atoms with Gasteiger partial charge in [-0.25, -0.2) is 5.43 Å². The number of carbonyl (C=O) groups excluding carboxylic acids is 1. The van der Waals surface area contributed by atoms with E-state index >= 15 is 0 Å². The molecule has 2 aromatic carbocycles. The molecule has 6 nitrogen and oxygen atoms in total. The molecule has 0 fully saturated rings. The zero-order chi connectivity index (χ0) is 18.4. The summed E-state index contributed by atoms with van der Waals surface area (Å²) in [4.78, 5) is 12.1. The molecule has 0 spiro atoms. The summed E-state index contributed by atoms with van der Waals surface area (Å²) in [5, 5.41) is 10.9. The van der Waals surface area contributed by atoms with E-state index in [0.717, 1.165) is 21.3 Å². The Balaban J connectivity index is 1.63. The zero-order valence-electron chi connectivity index (χ0n) is 14.1. The van der Waals surface area contributed by atoms with E-state index in [-0.39, 0.29) is 5.91 Å². The first-order valence-corrected chi connectivity index (χ1v) is 8.82. The van der Waals surface area contributed by atoms with Crippen LogP contribution < -0.4 is 10.2 Å². The summed E-state index contributed by atoms with van der Waals surface area (Å²) in [5.74, 6) is 0.440. The number of H-pyrrole nitrogens is 1. The summed E-state index contributed by atoms with van der Waals surface area (Å²) < 4.78 is 6.40. The number of ether oxygens (including phenoxy) is 1.